The number of alkyl halides is 3. The van der Waals surface area contributed by atoms with Gasteiger partial charge in [0.25, 0.3) is 0 Å². The molecule has 1 rings (SSSR count). The lowest BCUT2D eigenvalue weighted by molar-refractivity contribution is -0.202. The summed E-state index contributed by atoms with van der Waals surface area (Å²) in [5.41, 5.74) is 0.683. The smallest absolute Gasteiger partial charge is 0.415 e. The number of nitrogens with one attached hydrogen (secondary N) is 1. The molecule has 0 spiro atoms. The van der Waals surface area contributed by atoms with Crippen LogP contribution >= 0.6 is 0 Å². The van der Waals surface area contributed by atoms with Gasteiger partial charge in [-0.2, -0.15) is 13.2 Å². The van der Waals surface area contributed by atoms with E-state index in [1.165, 1.54) is 14.2 Å². The number of rotatable bonds is 6. The van der Waals surface area contributed by atoms with Crippen molar-refractivity contribution in [2.24, 2.45) is 0 Å². The zero-order valence-electron chi connectivity index (χ0n) is 11.5. The van der Waals surface area contributed by atoms with Crippen molar-refractivity contribution in [3.8, 4) is 11.5 Å². The second-order valence-corrected chi connectivity index (χ2v) is 4.30. The molecule has 7 heteroatoms. The molecule has 1 aromatic carbocycles. The van der Waals surface area contributed by atoms with Crippen molar-refractivity contribution in [2.45, 2.75) is 25.2 Å². The van der Waals surface area contributed by atoms with Crippen LogP contribution in [0.15, 0.2) is 18.2 Å². The number of halogens is 3. The maximum absolute atomic E-state index is 12.2. The molecule has 0 aliphatic heterocycles. The van der Waals surface area contributed by atoms with E-state index in [1.807, 2.05) is 0 Å². The Kier molecular flexibility index (Phi) is 5.64. The topological polar surface area (TPSA) is 50.7 Å². The Morgan fingerprint density at radius 3 is 2.40 bits per heavy atom. The lowest BCUT2D eigenvalue weighted by Gasteiger charge is -2.21. The molecule has 2 N–H and O–H groups in total. The van der Waals surface area contributed by atoms with Crippen molar-refractivity contribution >= 4 is 0 Å². The molecule has 0 aromatic heterocycles. The molecule has 0 bridgehead atoms. The number of benzene rings is 1. The van der Waals surface area contributed by atoms with Gasteiger partial charge >= 0.3 is 6.18 Å². The van der Waals surface area contributed by atoms with Gasteiger partial charge in [0.15, 0.2) is 6.10 Å². The highest BCUT2D eigenvalue weighted by Gasteiger charge is 2.38. The summed E-state index contributed by atoms with van der Waals surface area (Å²) in [4.78, 5) is 0. The maximum Gasteiger partial charge on any atom is 0.415 e. The zero-order valence-corrected chi connectivity index (χ0v) is 11.5. The first-order valence-corrected chi connectivity index (χ1v) is 5.99. The van der Waals surface area contributed by atoms with Gasteiger partial charge in [0.2, 0.25) is 0 Å². The molecule has 20 heavy (non-hydrogen) atoms. The minimum atomic E-state index is -4.63. The van der Waals surface area contributed by atoms with Crippen LogP contribution in [0.4, 0.5) is 13.2 Å². The van der Waals surface area contributed by atoms with E-state index in [0.717, 1.165) is 0 Å². The van der Waals surface area contributed by atoms with Crippen LogP contribution in [0.5, 0.6) is 11.5 Å². The van der Waals surface area contributed by atoms with Crippen molar-refractivity contribution in [3.05, 3.63) is 23.8 Å². The van der Waals surface area contributed by atoms with Crippen LogP contribution in [-0.4, -0.2) is 38.2 Å². The molecule has 0 radical (unpaired) electrons. The number of aliphatic hydroxyl groups excluding tert-OH is 1. The fraction of sp³-hybridized carbons (Fsp3) is 0.538. The molecule has 0 fully saturated rings. The van der Waals surface area contributed by atoms with Crippen LogP contribution in [0, 0.1) is 0 Å². The summed E-state index contributed by atoms with van der Waals surface area (Å²) in [6, 6.07) is 4.63. The van der Waals surface area contributed by atoms with Crippen LogP contribution in [-0.2, 0) is 0 Å². The minimum Gasteiger partial charge on any atom is -0.497 e. The Morgan fingerprint density at radius 2 is 1.90 bits per heavy atom. The maximum atomic E-state index is 12.2. The quantitative estimate of drug-likeness (QED) is 0.845. The third-order valence-electron chi connectivity index (χ3n) is 2.90. The van der Waals surface area contributed by atoms with Gasteiger partial charge < -0.3 is 19.9 Å². The minimum absolute atomic E-state index is 0.409. The lowest BCUT2D eigenvalue weighted by Crippen LogP contribution is -2.39. The SMILES string of the molecule is COc1ccc(C(C)NCC(O)C(F)(F)F)c(OC)c1. The van der Waals surface area contributed by atoms with E-state index < -0.39 is 24.9 Å². The highest BCUT2D eigenvalue weighted by Crippen LogP contribution is 2.29. The Bertz CT molecular complexity index is 437. The number of aliphatic hydroxyl groups is 1. The van der Waals surface area contributed by atoms with Crippen molar-refractivity contribution in [3.63, 3.8) is 0 Å². The summed E-state index contributed by atoms with van der Waals surface area (Å²) in [6.45, 7) is 1.10. The molecule has 4 nitrogen and oxygen atoms in total. The molecule has 114 valence electrons. The first-order valence-electron chi connectivity index (χ1n) is 5.99. The summed E-state index contributed by atoms with van der Waals surface area (Å²) < 4.78 is 46.9. The third-order valence-corrected chi connectivity index (χ3v) is 2.90. The standard InChI is InChI=1S/C13H18F3NO3/c1-8(17-7-12(18)13(14,15)16)10-5-4-9(19-2)6-11(10)20-3/h4-6,8,12,17-18H,7H2,1-3H3. The fourth-order valence-corrected chi connectivity index (χ4v) is 1.69. The molecule has 2 unspecified atom stereocenters. The molecular weight excluding hydrogens is 275 g/mol. The molecule has 0 amide bonds. The molecule has 0 saturated carbocycles. The van der Waals surface area contributed by atoms with Crippen molar-refractivity contribution < 1.29 is 27.8 Å². The van der Waals surface area contributed by atoms with E-state index in [2.05, 4.69) is 5.32 Å². The second-order valence-electron chi connectivity index (χ2n) is 4.30. The van der Waals surface area contributed by atoms with Crippen LogP contribution < -0.4 is 14.8 Å². The molecule has 0 aliphatic carbocycles. The largest absolute Gasteiger partial charge is 0.497 e. The van der Waals surface area contributed by atoms with Crippen LogP contribution in [0.1, 0.15) is 18.5 Å². The van der Waals surface area contributed by atoms with Gasteiger partial charge in [0.05, 0.1) is 14.2 Å². The zero-order chi connectivity index (χ0) is 15.3. The predicted octanol–water partition coefficient (Wildman–Crippen LogP) is 2.28. The van der Waals surface area contributed by atoms with Gasteiger partial charge in [0.1, 0.15) is 11.5 Å². The summed E-state index contributed by atoms with van der Waals surface area (Å²) in [5.74, 6) is 1.10. The van der Waals surface area contributed by atoms with Crippen molar-refractivity contribution in [1.29, 1.82) is 0 Å². The van der Waals surface area contributed by atoms with Crippen LogP contribution in [0.25, 0.3) is 0 Å². The molecule has 0 heterocycles. The number of ether oxygens (including phenoxy) is 2. The summed E-state index contributed by atoms with van der Waals surface area (Å²) >= 11 is 0. The number of hydrogen-bond donors (Lipinski definition) is 2. The summed E-state index contributed by atoms with van der Waals surface area (Å²) in [7, 11) is 2.98. The van der Waals surface area contributed by atoms with Gasteiger partial charge in [-0.1, -0.05) is 6.07 Å². The van der Waals surface area contributed by atoms with Gasteiger partial charge in [-0.15, -0.1) is 0 Å². The predicted molar refractivity (Wildman–Crippen MR) is 68.0 cm³/mol. The van der Waals surface area contributed by atoms with Crippen LogP contribution in [0.2, 0.25) is 0 Å². The first kappa shape index (κ1) is 16.6. The Labute approximate surface area is 115 Å². The number of methoxy groups -OCH3 is 2. The normalized spacial score (nSPS) is 14.8. The van der Waals surface area contributed by atoms with E-state index in [0.29, 0.717) is 17.1 Å². The van der Waals surface area contributed by atoms with Gasteiger partial charge in [0, 0.05) is 24.2 Å². The van der Waals surface area contributed by atoms with Gasteiger partial charge in [-0.3, -0.25) is 0 Å². The average Bonchev–Trinajstić information content (AvgIpc) is 2.42. The second kappa shape index (κ2) is 6.81. The molecule has 1 aromatic rings. The number of hydrogen-bond acceptors (Lipinski definition) is 4. The van der Waals surface area contributed by atoms with E-state index in [-0.39, 0.29) is 0 Å². The average molecular weight is 293 g/mol. The summed E-state index contributed by atoms with van der Waals surface area (Å²) in [6.07, 6.45) is -7.02. The Balaban J connectivity index is 2.75. The molecule has 0 aliphatic rings. The first-order chi connectivity index (χ1) is 9.29. The molecule has 2 atom stereocenters. The van der Waals surface area contributed by atoms with E-state index in [9.17, 15) is 13.2 Å². The van der Waals surface area contributed by atoms with E-state index in [1.54, 1.807) is 25.1 Å². The third kappa shape index (κ3) is 4.28. The van der Waals surface area contributed by atoms with Gasteiger partial charge in [-0.25, -0.2) is 0 Å². The van der Waals surface area contributed by atoms with Gasteiger partial charge in [-0.05, 0) is 13.0 Å². The Morgan fingerprint density at radius 1 is 1.25 bits per heavy atom. The highest BCUT2D eigenvalue weighted by atomic mass is 19.4. The van der Waals surface area contributed by atoms with Crippen molar-refractivity contribution in [1.82, 2.24) is 5.32 Å². The molecule has 0 saturated heterocycles. The molecular formula is C13H18F3NO3. The highest BCUT2D eigenvalue weighted by molar-refractivity contribution is 5.42. The Hall–Kier alpha value is -1.47. The monoisotopic (exact) mass is 293 g/mol. The lowest BCUT2D eigenvalue weighted by atomic mass is 10.1. The van der Waals surface area contributed by atoms with E-state index >= 15 is 0 Å². The van der Waals surface area contributed by atoms with E-state index in [4.69, 9.17) is 14.6 Å². The van der Waals surface area contributed by atoms with Crippen molar-refractivity contribution in [2.75, 3.05) is 20.8 Å². The van der Waals surface area contributed by atoms with Crippen LogP contribution in [0.3, 0.4) is 0 Å². The summed E-state index contributed by atoms with van der Waals surface area (Å²) in [5, 5.41) is 11.6. The fourth-order valence-electron chi connectivity index (χ4n) is 1.69.